The maximum absolute atomic E-state index is 10.6. The molecule has 0 saturated heterocycles. The van der Waals surface area contributed by atoms with E-state index in [-0.39, 0.29) is 6.42 Å². The molecule has 0 saturated carbocycles. The molecule has 4 nitrogen and oxygen atoms in total. The maximum atomic E-state index is 10.6. The molecule has 0 unspecified atom stereocenters. The minimum absolute atomic E-state index is 0.0258. The molecule has 0 fully saturated rings. The lowest BCUT2D eigenvalue weighted by molar-refractivity contribution is -0.113. The van der Waals surface area contributed by atoms with E-state index >= 15 is 0 Å². The van der Waals surface area contributed by atoms with Crippen molar-refractivity contribution in [2.24, 2.45) is 5.92 Å². The first-order valence-electron chi connectivity index (χ1n) is 3.43. The Morgan fingerprint density at radius 2 is 1.91 bits per heavy atom. The lowest BCUT2D eigenvalue weighted by Gasteiger charge is -2.04. The van der Waals surface area contributed by atoms with E-state index in [1.54, 1.807) is 0 Å². The molecule has 0 aliphatic rings. The summed E-state index contributed by atoms with van der Waals surface area (Å²) < 4.78 is 10.3. The van der Waals surface area contributed by atoms with Crippen LogP contribution in [0, 0.1) is 5.92 Å². The zero-order valence-corrected chi connectivity index (χ0v) is 7.54. The minimum Gasteiger partial charge on any atom is -0.319 e. The van der Waals surface area contributed by atoms with E-state index < -0.39 is 13.1 Å². The topological polar surface area (TPSA) is 74.6 Å². The summed E-state index contributed by atoms with van der Waals surface area (Å²) in [6.45, 7) is 3.79. The van der Waals surface area contributed by atoms with Crippen LogP contribution in [0.3, 0.4) is 0 Å². The Balaban J connectivity index is 3.81. The number of hydrogen-bond acceptors (Lipinski definition) is 2. The van der Waals surface area contributed by atoms with Crippen molar-refractivity contribution in [2.45, 2.75) is 26.7 Å². The second-order valence-electron chi connectivity index (χ2n) is 2.87. The van der Waals surface area contributed by atoms with Crippen molar-refractivity contribution in [2.75, 3.05) is 0 Å². The van der Waals surface area contributed by atoms with Crippen LogP contribution >= 0.6 is 7.60 Å². The third-order valence-corrected chi connectivity index (χ3v) is 2.13. The Morgan fingerprint density at radius 1 is 1.45 bits per heavy atom. The fourth-order valence-electron chi connectivity index (χ4n) is 0.558. The summed E-state index contributed by atoms with van der Waals surface area (Å²) in [5.74, 6) is 0.297. The predicted octanol–water partition coefficient (Wildman–Crippen LogP) is 1.13. The molecule has 5 heteroatoms. The largest absolute Gasteiger partial charge is 0.391 e. The molecule has 0 aromatic heterocycles. The molecule has 0 radical (unpaired) electrons. The molecule has 0 aromatic rings. The Labute approximate surface area is 65.8 Å². The van der Waals surface area contributed by atoms with E-state index in [0.717, 1.165) is 0 Å². The molecular formula is C6H13O4P. The number of carbonyl (C=O) groups is 1. The first-order valence-corrected chi connectivity index (χ1v) is 5.04. The summed E-state index contributed by atoms with van der Waals surface area (Å²) in [7, 11) is -4.45. The fourth-order valence-corrected chi connectivity index (χ4v) is 0.978. The third-order valence-electron chi connectivity index (χ3n) is 1.26. The van der Waals surface area contributed by atoms with Gasteiger partial charge < -0.3 is 9.79 Å². The average molecular weight is 180 g/mol. The highest BCUT2D eigenvalue weighted by molar-refractivity contribution is 7.70. The fraction of sp³-hybridized carbons (Fsp3) is 0.833. The minimum atomic E-state index is -4.45. The second-order valence-corrected chi connectivity index (χ2v) is 4.46. The number of carbonyl (C=O) groups excluding carboxylic acids is 1. The Kier molecular flexibility index (Phi) is 3.93. The molecule has 66 valence electrons. The lowest BCUT2D eigenvalue weighted by atomic mass is 10.1. The molecule has 0 spiro atoms. The molecular weight excluding hydrogens is 167 g/mol. The van der Waals surface area contributed by atoms with Crippen LogP contribution in [-0.2, 0) is 9.36 Å². The number of rotatable bonds is 4. The SMILES string of the molecule is CC(C)CCC(=O)P(=O)(O)O. The zero-order valence-electron chi connectivity index (χ0n) is 6.65. The highest BCUT2D eigenvalue weighted by Gasteiger charge is 2.24. The molecule has 0 aliphatic carbocycles. The van der Waals surface area contributed by atoms with Crippen molar-refractivity contribution in [1.82, 2.24) is 0 Å². The van der Waals surface area contributed by atoms with E-state index in [9.17, 15) is 9.36 Å². The summed E-state index contributed by atoms with van der Waals surface area (Å²) in [6.07, 6.45) is 0.506. The van der Waals surface area contributed by atoms with Gasteiger partial charge in [-0.3, -0.25) is 9.36 Å². The van der Waals surface area contributed by atoms with E-state index in [0.29, 0.717) is 12.3 Å². The van der Waals surface area contributed by atoms with E-state index in [4.69, 9.17) is 9.79 Å². The Bertz CT molecular complexity index is 181. The summed E-state index contributed by atoms with van der Waals surface area (Å²) >= 11 is 0. The second kappa shape index (κ2) is 4.00. The quantitative estimate of drug-likeness (QED) is 0.636. The maximum Gasteiger partial charge on any atom is 0.391 e. The van der Waals surface area contributed by atoms with Crippen LogP contribution in [-0.4, -0.2) is 15.3 Å². The van der Waals surface area contributed by atoms with E-state index in [1.165, 1.54) is 0 Å². The van der Waals surface area contributed by atoms with Crippen LogP contribution in [0.4, 0.5) is 0 Å². The monoisotopic (exact) mass is 180 g/mol. The van der Waals surface area contributed by atoms with Gasteiger partial charge in [0.05, 0.1) is 0 Å². The molecule has 2 N–H and O–H groups in total. The zero-order chi connectivity index (χ0) is 9.07. The molecule has 11 heavy (non-hydrogen) atoms. The molecule has 0 aromatic carbocycles. The normalized spacial score (nSPS) is 12.1. The summed E-state index contributed by atoms with van der Waals surface area (Å²) in [5, 5.41) is 0. The highest BCUT2D eigenvalue weighted by atomic mass is 31.2. The smallest absolute Gasteiger partial charge is 0.319 e. The van der Waals surface area contributed by atoms with E-state index in [2.05, 4.69) is 0 Å². The molecule has 0 rings (SSSR count). The van der Waals surface area contributed by atoms with Crippen LogP contribution in [0.25, 0.3) is 0 Å². The van der Waals surface area contributed by atoms with Crippen molar-refractivity contribution >= 4 is 13.1 Å². The van der Waals surface area contributed by atoms with Crippen molar-refractivity contribution in [3.05, 3.63) is 0 Å². The van der Waals surface area contributed by atoms with Gasteiger partial charge in [0, 0.05) is 6.42 Å². The summed E-state index contributed by atoms with van der Waals surface area (Å²) in [4.78, 5) is 27.3. The van der Waals surface area contributed by atoms with Crippen LogP contribution in [0.5, 0.6) is 0 Å². The van der Waals surface area contributed by atoms with Gasteiger partial charge in [0.2, 0.25) is 5.52 Å². The van der Waals surface area contributed by atoms with Gasteiger partial charge in [-0.15, -0.1) is 0 Å². The Hall–Kier alpha value is -0.180. The molecule has 0 aliphatic heterocycles. The highest BCUT2D eigenvalue weighted by Crippen LogP contribution is 2.37. The molecule has 0 heterocycles. The van der Waals surface area contributed by atoms with Gasteiger partial charge in [0.1, 0.15) is 0 Å². The standard InChI is InChI=1S/C6H13O4P/c1-5(2)3-4-6(7)11(8,9)10/h5H,3-4H2,1-2H3,(H2,8,9,10). The van der Waals surface area contributed by atoms with Gasteiger partial charge in [-0.2, -0.15) is 0 Å². The van der Waals surface area contributed by atoms with Crippen LogP contribution < -0.4 is 0 Å². The van der Waals surface area contributed by atoms with Crippen LogP contribution in [0.2, 0.25) is 0 Å². The molecule has 0 atom stereocenters. The van der Waals surface area contributed by atoms with Gasteiger partial charge >= 0.3 is 7.60 Å². The van der Waals surface area contributed by atoms with Crippen molar-refractivity contribution in [3.8, 4) is 0 Å². The van der Waals surface area contributed by atoms with Gasteiger partial charge in [0.25, 0.3) is 0 Å². The first-order chi connectivity index (χ1) is 4.84. The summed E-state index contributed by atoms with van der Waals surface area (Å²) in [5.41, 5.74) is -0.953. The number of hydrogen-bond donors (Lipinski definition) is 2. The predicted molar refractivity (Wildman–Crippen MR) is 41.1 cm³/mol. The van der Waals surface area contributed by atoms with Crippen molar-refractivity contribution in [1.29, 1.82) is 0 Å². The van der Waals surface area contributed by atoms with E-state index in [1.807, 2.05) is 13.8 Å². The van der Waals surface area contributed by atoms with Crippen molar-refractivity contribution < 1.29 is 19.1 Å². The van der Waals surface area contributed by atoms with Crippen LogP contribution in [0.15, 0.2) is 0 Å². The first kappa shape index (κ1) is 10.8. The lowest BCUT2D eigenvalue weighted by Crippen LogP contribution is -2.00. The van der Waals surface area contributed by atoms with Crippen LogP contribution in [0.1, 0.15) is 26.7 Å². The van der Waals surface area contributed by atoms with Crippen molar-refractivity contribution in [3.63, 3.8) is 0 Å². The molecule has 0 bridgehead atoms. The van der Waals surface area contributed by atoms with Gasteiger partial charge in [-0.05, 0) is 12.3 Å². The third kappa shape index (κ3) is 5.13. The summed E-state index contributed by atoms with van der Waals surface area (Å²) in [6, 6.07) is 0. The molecule has 0 amide bonds. The van der Waals surface area contributed by atoms with Gasteiger partial charge in [-0.25, -0.2) is 0 Å². The van der Waals surface area contributed by atoms with Gasteiger partial charge in [-0.1, -0.05) is 13.8 Å². The average Bonchev–Trinajstić information content (AvgIpc) is 1.80. The van der Waals surface area contributed by atoms with Gasteiger partial charge in [0.15, 0.2) is 0 Å². The Morgan fingerprint density at radius 3 is 2.18 bits per heavy atom.